The third kappa shape index (κ3) is 5.60. The predicted molar refractivity (Wildman–Crippen MR) is 106 cm³/mol. The highest BCUT2D eigenvalue weighted by molar-refractivity contribution is 5.83. The van der Waals surface area contributed by atoms with E-state index in [0.29, 0.717) is 19.1 Å². The molecule has 0 bridgehead atoms. The van der Waals surface area contributed by atoms with Crippen LogP contribution in [0.25, 0.3) is 0 Å². The Labute approximate surface area is 156 Å². The molecule has 140 valence electrons. The SMILES string of the molecule is CC[C@H](C)COc1ccc([C@H](CN)NC(=O)C(C)c2ccccc2)cc1. The number of benzene rings is 2. The highest BCUT2D eigenvalue weighted by atomic mass is 16.5. The second-order valence-electron chi connectivity index (χ2n) is 6.82. The van der Waals surface area contributed by atoms with Crippen molar-refractivity contribution in [1.82, 2.24) is 5.32 Å². The van der Waals surface area contributed by atoms with Crippen molar-refractivity contribution in [3.63, 3.8) is 0 Å². The predicted octanol–water partition coefficient (Wildman–Crippen LogP) is 4.03. The number of hydrogen-bond donors (Lipinski definition) is 2. The second kappa shape index (κ2) is 9.97. The van der Waals surface area contributed by atoms with E-state index in [1.54, 1.807) is 0 Å². The smallest absolute Gasteiger partial charge is 0.227 e. The fourth-order valence-corrected chi connectivity index (χ4v) is 2.62. The maximum atomic E-state index is 12.6. The van der Waals surface area contributed by atoms with Gasteiger partial charge in [-0.3, -0.25) is 4.79 Å². The first-order valence-electron chi connectivity index (χ1n) is 9.33. The molecule has 0 aliphatic heterocycles. The molecule has 0 aliphatic rings. The van der Waals surface area contributed by atoms with Crippen molar-refractivity contribution < 1.29 is 9.53 Å². The first-order valence-corrected chi connectivity index (χ1v) is 9.33. The Morgan fingerprint density at radius 3 is 2.27 bits per heavy atom. The number of nitrogens with one attached hydrogen (secondary N) is 1. The van der Waals surface area contributed by atoms with Crippen LogP contribution in [-0.4, -0.2) is 19.1 Å². The molecule has 0 radical (unpaired) electrons. The van der Waals surface area contributed by atoms with Gasteiger partial charge in [0.2, 0.25) is 5.91 Å². The molecule has 26 heavy (non-hydrogen) atoms. The lowest BCUT2D eigenvalue weighted by Gasteiger charge is -2.21. The van der Waals surface area contributed by atoms with Gasteiger partial charge in [-0.05, 0) is 36.1 Å². The fourth-order valence-electron chi connectivity index (χ4n) is 2.62. The summed E-state index contributed by atoms with van der Waals surface area (Å²) in [6, 6.07) is 17.4. The summed E-state index contributed by atoms with van der Waals surface area (Å²) in [5, 5.41) is 3.06. The zero-order valence-corrected chi connectivity index (χ0v) is 15.9. The molecule has 0 saturated carbocycles. The molecule has 0 aromatic heterocycles. The lowest BCUT2D eigenvalue weighted by molar-refractivity contribution is -0.122. The van der Waals surface area contributed by atoms with Gasteiger partial charge >= 0.3 is 0 Å². The molecule has 4 nitrogen and oxygen atoms in total. The van der Waals surface area contributed by atoms with Crippen molar-refractivity contribution in [1.29, 1.82) is 0 Å². The number of nitrogens with two attached hydrogens (primary N) is 1. The van der Waals surface area contributed by atoms with Crippen LogP contribution in [0.1, 0.15) is 50.3 Å². The van der Waals surface area contributed by atoms with Gasteiger partial charge < -0.3 is 15.8 Å². The van der Waals surface area contributed by atoms with E-state index in [-0.39, 0.29) is 17.9 Å². The van der Waals surface area contributed by atoms with Crippen LogP contribution in [-0.2, 0) is 4.79 Å². The summed E-state index contributed by atoms with van der Waals surface area (Å²) in [5.74, 6) is 1.13. The summed E-state index contributed by atoms with van der Waals surface area (Å²) < 4.78 is 5.79. The van der Waals surface area contributed by atoms with Gasteiger partial charge in [0.05, 0.1) is 18.6 Å². The van der Waals surface area contributed by atoms with E-state index in [9.17, 15) is 4.79 Å². The Hall–Kier alpha value is -2.33. The molecule has 3 atom stereocenters. The van der Waals surface area contributed by atoms with E-state index in [1.807, 2.05) is 61.5 Å². The molecule has 4 heteroatoms. The van der Waals surface area contributed by atoms with Gasteiger partial charge in [-0.15, -0.1) is 0 Å². The third-order valence-corrected chi connectivity index (χ3v) is 4.76. The maximum absolute atomic E-state index is 12.6. The Bertz CT molecular complexity index is 670. The molecule has 0 heterocycles. The van der Waals surface area contributed by atoms with E-state index in [2.05, 4.69) is 19.2 Å². The monoisotopic (exact) mass is 354 g/mol. The fraction of sp³-hybridized carbons (Fsp3) is 0.409. The highest BCUT2D eigenvalue weighted by Gasteiger charge is 2.19. The van der Waals surface area contributed by atoms with Crippen LogP contribution in [0.3, 0.4) is 0 Å². The van der Waals surface area contributed by atoms with Crippen LogP contribution in [0.5, 0.6) is 5.75 Å². The van der Waals surface area contributed by atoms with Gasteiger partial charge in [-0.2, -0.15) is 0 Å². The minimum absolute atomic E-state index is 0.0243. The molecule has 0 spiro atoms. The van der Waals surface area contributed by atoms with Crippen LogP contribution in [0.4, 0.5) is 0 Å². The topological polar surface area (TPSA) is 64.3 Å². The molecule has 2 aromatic rings. The van der Waals surface area contributed by atoms with Crippen molar-refractivity contribution in [3.8, 4) is 5.75 Å². The van der Waals surface area contributed by atoms with E-state index >= 15 is 0 Å². The summed E-state index contributed by atoms with van der Waals surface area (Å²) >= 11 is 0. The van der Waals surface area contributed by atoms with Crippen LogP contribution < -0.4 is 15.8 Å². The molecular weight excluding hydrogens is 324 g/mol. The van der Waals surface area contributed by atoms with E-state index in [4.69, 9.17) is 10.5 Å². The first-order chi connectivity index (χ1) is 12.5. The minimum Gasteiger partial charge on any atom is -0.493 e. The van der Waals surface area contributed by atoms with Gasteiger partial charge in [-0.1, -0.05) is 62.7 Å². The Morgan fingerprint density at radius 1 is 1.04 bits per heavy atom. The van der Waals surface area contributed by atoms with Gasteiger partial charge in [0, 0.05) is 6.54 Å². The molecule has 2 rings (SSSR count). The molecule has 0 fully saturated rings. The van der Waals surface area contributed by atoms with Gasteiger partial charge in [0.15, 0.2) is 0 Å². The van der Waals surface area contributed by atoms with Crippen molar-refractivity contribution in [3.05, 3.63) is 65.7 Å². The molecular formula is C22H30N2O2. The molecule has 3 N–H and O–H groups in total. The first kappa shape index (κ1) is 20.0. The zero-order chi connectivity index (χ0) is 18.9. The number of carbonyl (C=O) groups is 1. The summed E-state index contributed by atoms with van der Waals surface area (Å²) in [4.78, 5) is 12.6. The number of rotatable bonds is 9. The number of ether oxygens (including phenoxy) is 1. The largest absolute Gasteiger partial charge is 0.493 e. The van der Waals surface area contributed by atoms with E-state index < -0.39 is 0 Å². The Morgan fingerprint density at radius 2 is 1.69 bits per heavy atom. The average Bonchev–Trinajstić information content (AvgIpc) is 2.70. The van der Waals surface area contributed by atoms with Gasteiger partial charge in [0.25, 0.3) is 0 Å². The van der Waals surface area contributed by atoms with Crippen molar-refractivity contribution in [2.24, 2.45) is 11.7 Å². The summed E-state index contributed by atoms with van der Waals surface area (Å²) in [6.07, 6.45) is 1.10. The maximum Gasteiger partial charge on any atom is 0.227 e. The summed E-state index contributed by atoms with van der Waals surface area (Å²) in [5.41, 5.74) is 7.88. The third-order valence-electron chi connectivity index (χ3n) is 4.76. The normalized spacial score (nSPS) is 14.3. The highest BCUT2D eigenvalue weighted by Crippen LogP contribution is 2.20. The molecule has 0 aliphatic carbocycles. The molecule has 1 amide bonds. The quantitative estimate of drug-likeness (QED) is 0.714. The standard InChI is InChI=1S/C22H30N2O2/c1-4-16(2)15-26-20-12-10-19(11-13-20)21(14-23)24-22(25)17(3)18-8-6-5-7-9-18/h5-13,16-17,21H,4,14-15,23H2,1-3H3,(H,24,25)/t16-,17?,21-/m0/s1. The second-order valence-corrected chi connectivity index (χ2v) is 6.82. The van der Waals surface area contributed by atoms with Crippen molar-refractivity contribution in [2.45, 2.75) is 39.2 Å². The Balaban J connectivity index is 1.98. The number of hydrogen-bond acceptors (Lipinski definition) is 3. The Kier molecular flexibility index (Phi) is 7.67. The van der Waals surface area contributed by atoms with Gasteiger partial charge in [0.1, 0.15) is 5.75 Å². The summed E-state index contributed by atoms with van der Waals surface area (Å²) in [6.45, 7) is 7.29. The van der Waals surface area contributed by atoms with E-state index in [0.717, 1.165) is 23.3 Å². The van der Waals surface area contributed by atoms with Crippen LogP contribution in [0.15, 0.2) is 54.6 Å². The van der Waals surface area contributed by atoms with Crippen molar-refractivity contribution in [2.75, 3.05) is 13.2 Å². The average molecular weight is 354 g/mol. The van der Waals surface area contributed by atoms with Crippen LogP contribution in [0.2, 0.25) is 0 Å². The number of carbonyl (C=O) groups excluding carboxylic acids is 1. The zero-order valence-electron chi connectivity index (χ0n) is 15.9. The van der Waals surface area contributed by atoms with Gasteiger partial charge in [-0.25, -0.2) is 0 Å². The molecule has 1 unspecified atom stereocenters. The molecule has 2 aromatic carbocycles. The minimum atomic E-state index is -0.219. The molecule has 0 saturated heterocycles. The number of amides is 1. The van der Waals surface area contributed by atoms with Crippen molar-refractivity contribution >= 4 is 5.91 Å². The van der Waals surface area contributed by atoms with E-state index in [1.165, 1.54) is 0 Å². The van der Waals surface area contributed by atoms with Crippen LogP contribution in [0, 0.1) is 5.92 Å². The lowest BCUT2D eigenvalue weighted by Crippen LogP contribution is -2.35. The van der Waals surface area contributed by atoms with Crippen LogP contribution >= 0.6 is 0 Å². The summed E-state index contributed by atoms with van der Waals surface area (Å²) in [7, 11) is 0. The lowest BCUT2D eigenvalue weighted by atomic mass is 9.99.